The van der Waals surface area contributed by atoms with Gasteiger partial charge in [-0.3, -0.25) is 0 Å². The Labute approximate surface area is 113 Å². The van der Waals surface area contributed by atoms with E-state index in [1.165, 1.54) is 0 Å². The highest BCUT2D eigenvalue weighted by Crippen LogP contribution is 2.39. The minimum absolute atomic E-state index is 0.305. The van der Waals surface area contributed by atoms with Crippen LogP contribution in [0.3, 0.4) is 0 Å². The summed E-state index contributed by atoms with van der Waals surface area (Å²) in [5.74, 6) is 1.78. The predicted octanol–water partition coefficient (Wildman–Crippen LogP) is 0.611. The highest BCUT2D eigenvalue weighted by molar-refractivity contribution is 5.54. The van der Waals surface area contributed by atoms with Crippen LogP contribution in [-0.4, -0.2) is 55.9 Å². The number of rotatable bonds is 3. The molecule has 19 heavy (non-hydrogen) atoms. The first-order valence-corrected chi connectivity index (χ1v) is 6.88. The Bertz CT molecular complexity index is 445. The lowest BCUT2D eigenvalue weighted by Crippen LogP contribution is -2.44. The van der Waals surface area contributed by atoms with Crippen molar-refractivity contribution in [3.8, 4) is 17.2 Å². The maximum Gasteiger partial charge on any atom is 0.168 e. The van der Waals surface area contributed by atoms with Gasteiger partial charge in [-0.05, 0) is 18.6 Å². The van der Waals surface area contributed by atoms with E-state index in [1.807, 2.05) is 0 Å². The fraction of sp³-hybridized carbons (Fsp3) is 0.571. The molecule has 0 amide bonds. The van der Waals surface area contributed by atoms with Gasteiger partial charge in [0.15, 0.2) is 11.5 Å². The number of phenols is 1. The topological polar surface area (TPSA) is 54.0 Å². The molecule has 0 radical (unpaired) electrons. The molecule has 0 aromatic heterocycles. The summed E-state index contributed by atoms with van der Waals surface area (Å²) in [6.07, 6.45) is 0.790. The van der Waals surface area contributed by atoms with Gasteiger partial charge in [0.2, 0.25) is 0 Å². The molecule has 1 saturated heterocycles. The number of nitrogens with zero attached hydrogens (tertiary/aromatic N) is 1. The molecule has 0 bridgehead atoms. The van der Waals surface area contributed by atoms with Gasteiger partial charge < -0.3 is 24.8 Å². The molecular weight excluding hydrogens is 244 g/mol. The first kappa shape index (κ1) is 12.6. The Balaban J connectivity index is 1.72. The lowest BCUT2D eigenvalue weighted by atomic mass is 10.1. The number of hydrogen-bond acceptors (Lipinski definition) is 5. The van der Waals surface area contributed by atoms with Gasteiger partial charge in [-0.2, -0.15) is 0 Å². The van der Waals surface area contributed by atoms with Crippen LogP contribution >= 0.6 is 0 Å². The molecule has 1 aromatic rings. The lowest BCUT2D eigenvalue weighted by Gasteiger charge is -2.28. The molecule has 2 aliphatic rings. The predicted molar refractivity (Wildman–Crippen MR) is 72.1 cm³/mol. The number of hydrogen-bond donors (Lipinski definition) is 2. The van der Waals surface area contributed by atoms with Crippen molar-refractivity contribution in [2.45, 2.75) is 6.42 Å². The van der Waals surface area contributed by atoms with Gasteiger partial charge in [0.05, 0.1) is 0 Å². The summed E-state index contributed by atoms with van der Waals surface area (Å²) < 4.78 is 11.2. The van der Waals surface area contributed by atoms with Crippen LogP contribution in [0.5, 0.6) is 17.2 Å². The Morgan fingerprint density at radius 2 is 1.95 bits per heavy atom. The standard InChI is InChI=1S/C14H20N2O3/c17-12-1-2-13-14(19-10-9-18-13)11(12)3-6-16-7-4-15-5-8-16/h1-2,15,17H,3-10H2. The Hall–Kier alpha value is -1.46. The van der Waals surface area contributed by atoms with E-state index in [4.69, 9.17) is 9.47 Å². The van der Waals surface area contributed by atoms with Crippen LogP contribution in [0.4, 0.5) is 0 Å². The number of phenolic OH excluding ortho intramolecular Hbond substituents is 1. The van der Waals surface area contributed by atoms with E-state index in [-0.39, 0.29) is 0 Å². The number of fused-ring (bicyclic) bond motifs is 1. The van der Waals surface area contributed by atoms with Crippen LogP contribution in [0, 0.1) is 0 Å². The number of piperazine rings is 1. The number of aromatic hydroxyl groups is 1. The van der Waals surface area contributed by atoms with Gasteiger partial charge in [0.1, 0.15) is 19.0 Å². The minimum atomic E-state index is 0.305. The first-order valence-electron chi connectivity index (χ1n) is 6.88. The highest BCUT2D eigenvalue weighted by Gasteiger charge is 2.20. The van der Waals surface area contributed by atoms with E-state index in [0.29, 0.717) is 19.0 Å². The molecule has 5 heteroatoms. The number of benzene rings is 1. The molecule has 104 valence electrons. The Kier molecular flexibility index (Phi) is 3.75. The zero-order valence-corrected chi connectivity index (χ0v) is 11.0. The zero-order valence-electron chi connectivity index (χ0n) is 11.0. The van der Waals surface area contributed by atoms with Crippen molar-refractivity contribution in [3.05, 3.63) is 17.7 Å². The zero-order chi connectivity index (χ0) is 13.1. The van der Waals surface area contributed by atoms with E-state index in [2.05, 4.69) is 10.2 Å². The van der Waals surface area contributed by atoms with E-state index < -0.39 is 0 Å². The summed E-state index contributed by atoms with van der Waals surface area (Å²) in [5.41, 5.74) is 0.871. The van der Waals surface area contributed by atoms with Crippen molar-refractivity contribution < 1.29 is 14.6 Å². The summed E-state index contributed by atoms with van der Waals surface area (Å²) >= 11 is 0. The van der Waals surface area contributed by atoms with Crippen molar-refractivity contribution in [2.75, 3.05) is 45.9 Å². The SMILES string of the molecule is Oc1ccc2c(c1CCN1CCNCC1)OCCO2. The van der Waals surface area contributed by atoms with Crippen molar-refractivity contribution >= 4 is 0 Å². The maximum atomic E-state index is 10.0. The fourth-order valence-corrected chi connectivity index (χ4v) is 2.61. The summed E-state index contributed by atoms with van der Waals surface area (Å²) in [6.45, 7) is 6.28. The van der Waals surface area contributed by atoms with Crippen molar-refractivity contribution in [1.82, 2.24) is 10.2 Å². The summed E-state index contributed by atoms with van der Waals surface area (Å²) in [7, 11) is 0. The highest BCUT2D eigenvalue weighted by atomic mass is 16.6. The van der Waals surface area contributed by atoms with Gasteiger partial charge in [0, 0.05) is 38.3 Å². The van der Waals surface area contributed by atoms with Crippen molar-refractivity contribution in [1.29, 1.82) is 0 Å². The van der Waals surface area contributed by atoms with Gasteiger partial charge in [0.25, 0.3) is 0 Å². The van der Waals surface area contributed by atoms with Crippen LogP contribution in [0.25, 0.3) is 0 Å². The Morgan fingerprint density at radius 3 is 2.79 bits per heavy atom. The number of nitrogens with one attached hydrogen (secondary N) is 1. The molecule has 0 spiro atoms. The second-order valence-electron chi connectivity index (χ2n) is 4.93. The first-order chi connectivity index (χ1) is 9.34. The molecule has 5 nitrogen and oxygen atoms in total. The smallest absolute Gasteiger partial charge is 0.168 e. The summed E-state index contributed by atoms with van der Waals surface area (Å²) in [6, 6.07) is 3.47. The second-order valence-corrected chi connectivity index (χ2v) is 4.93. The van der Waals surface area contributed by atoms with E-state index in [1.54, 1.807) is 12.1 Å². The summed E-state index contributed by atoms with van der Waals surface area (Å²) in [4.78, 5) is 2.40. The largest absolute Gasteiger partial charge is 0.508 e. The van der Waals surface area contributed by atoms with Gasteiger partial charge in [-0.15, -0.1) is 0 Å². The minimum Gasteiger partial charge on any atom is -0.508 e. The van der Waals surface area contributed by atoms with Crippen LogP contribution < -0.4 is 14.8 Å². The van der Waals surface area contributed by atoms with E-state index >= 15 is 0 Å². The third-order valence-corrected chi connectivity index (χ3v) is 3.67. The van der Waals surface area contributed by atoms with Gasteiger partial charge >= 0.3 is 0 Å². The van der Waals surface area contributed by atoms with E-state index in [0.717, 1.165) is 56.2 Å². The third kappa shape index (κ3) is 2.77. The molecule has 2 aliphatic heterocycles. The molecule has 1 fully saturated rings. The van der Waals surface area contributed by atoms with E-state index in [9.17, 15) is 5.11 Å². The monoisotopic (exact) mass is 264 g/mol. The van der Waals surface area contributed by atoms with Crippen LogP contribution in [0.2, 0.25) is 0 Å². The van der Waals surface area contributed by atoms with Gasteiger partial charge in [-0.25, -0.2) is 0 Å². The third-order valence-electron chi connectivity index (χ3n) is 3.67. The molecule has 0 aliphatic carbocycles. The normalized spacial score (nSPS) is 19.4. The average Bonchev–Trinajstić information content (AvgIpc) is 2.47. The quantitative estimate of drug-likeness (QED) is 0.838. The molecule has 3 rings (SSSR count). The molecular formula is C14H20N2O3. The Morgan fingerprint density at radius 1 is 1.16 bits per heavy atom. The average molecular weight is 264 g/mol. The molecule has 2 heterocycles. The number of ether oxygens (including phenoxy) is 2. The summed E-state index contributed by atoms with van der Waals surface area (Å²) in [5, 5.41) is 13.4. The molecule has 0 atom stereocenters. The lowest BCUT2D eigenvalue weighted by molar-refractivity contribution is 0.168. The van der Waals surface area contributed by atoms with Gasteiger partial charge in [-0.1, -0.05) is 0 Å². The van der Waals surface area contributed by atoms with Crippen molar-refractivity contribution in [2.24, 2.45) is 0 Å². The van der Waals surface area contributed by atoms with Crippen LogP contribution in [0.1, 0.15) is 5.56 Å². The fourth-order valence-electron chi connectivity index (χ4n) is 2.61. The molecule has 0 unspecified atom stereocenters. The maximum absolute atomic E-state index is 10.0. The van der Waals surface area contributed by atoms with Crippen molar-refractivity contribution in [3.63, 3.8) is 0 Å². The molecule has 2 N–H and O–H groups in total. The van der Waals surface area contributed by atoms with Crippen LogP contribution in [0.15, 0.2) is 12.1 Å². The second kappa shape index (κ2) is 5.67. The molecule has 0 saturated carbocycles. The molecule has 1 aromatic carbocycles. The van der Waals surface area contributed by atoms with Crippen LogP contribution in [-0.2, 0) is 6.42 Å².